The molecule has 0 fully saturated rings. The first-order valence-electron chi connectivity index (χ1n) is 7.93. The number of benzene rings is 2. The molecule has 2 rings (SSSR count). The van der Waals surface area contributed by atoms with Gasteiger partial charge in [-0.2, -0.15) is 0 Å². The highest BCUT2D eigenvalue weighted by Gasteiger charge is 2.19. The van der Waals surface area contributed by atoms with Gasteiger partial charge in [0.25, 0.3) is 0 Å². The Morgan fingerprint density at radius 3 is 2.32 bits per heavy atom. The van der Waals surface area contributed by atoms with E-state index in [-0.39, 0.29) is 12.2 Å². The molecule has 0 amide bonds. The molecule has 1 atom stereocenters. The van der Waals surface area contributed by atoms with Crippen LogP contribution in [-0.4, -0.2) is 30.6 Å². The molecule has 0 aliphatic rings. The average molecular weight is 358 g/mol. The highest BCUT2D eigenvalue weighted by Crippen LogP contribution is 2.13. The lowest BCUT2D eigenvalue weighted by atomic mass is 10.0. The standard InChI is InChI=1S/C20H20ClNO3/c1-14(12-19(23)16-8-10-17(21)11-9-16)22-18(20(24)25-2)13-15-6-4-3-5-7-15/h3-11,18H,12-13H2,1-2H3/t18-/m0/s1. The summed E-state index contributed by atoms with van der Waals surface area (Å²) in [7, 11) is 1.34. The fraction of sp³-hybridized carbons (Fsp3) is 0.250. The summed E-state index contributed by atoms with van der Waals surface area (Å²) >= 11 is 5.83. The molecule has 0 heterocycles. The van der Waals surface area contributed by atoms with Gasteiger partial charge in [-0.15, -0.1) is 0 Å². The van der Waals surface area contributed by atoms with Gasteiger partial charge in [-0.3, -0.25) is 9.79 Å². The zero-order valence-corrected chi connectivity index (χ0v) is 15.0. The molecule has 0 unspecified atom stereocenters. The number of ketones is 1. The molecule has 0 saturated carbocycles. The summed E-state index contributed by atoms with van der Waals surface area (Å²) < 4.78 is 4.84. The van der Waals surface area contributed by atoms with E-state index >= 15 is 0 Å². The summed E-state index contributed by atoms with van der Waals surface area (Å²) in [5, 5.41) is 0.579. The Bertz CT molecular complexity index is 754. The van der Waals surface area contributed by atoms with E-state index in [9.17, 15) is 9.59 Å². The van der Waals surface area contributed by atoms with Crippen LogP contribution < -0.4 is 0 Å². The maximum absolute atomic E-state index is 12.3. The van der Waals surface area contributed by atoms with Crippen molar-refractivity contribution >= 4 is 29.1 Å². The van der Waals surface area contributed by atoms with Crippen molar-refractivity contribution in [1.82, 2.24) is 0 Å². The van der Waals surface area contributed by atoms with Crippen LogP contribution in [0.4, 0.5) is 0 Å². The number of Topliss-reactive ketones (excluding diaryl/α,β-unsaturated/α-hetero) is 1. The Labute approximate surface area is 152 Å². The number of carbonyl (C=O) groups excluding carboxylic acids is 2. The van der Waals surface area contributed by atoms with Crippen LogP contribution in [0.2, 0.25) is 5.02 Å². The van der Waals surface area contributed by atoms with Gasteiger partial charge in [0.15, 0.2) is 11.8 Å². The van der Waals surface area contributed by atoms with Gasteiger partial charge in [-0.25, -0.2) is 4.79 Å². The van der Waals surface area contributed by atoms with E-state index in [2.05, 4.69) is 4.99 Å². The second-order valence-electron chi connectivity index (χ2n) is 5.70. The van der Waals surface area contributed by atoms with E-state index in [1.165, 1.54) is 7.11 Å². The molecule has 130 valence electrons. The van der Waals surface area contributed by atoms with E-state index in [1.807, 2.05) is 30.3 Å². The number of halogens is 1. The van der Waals surface area contributed by atoms with Gasteiger partial charge in [0.05, 0.1) is 7.11 Å². The molecule has 0 saturated heterocycles. The van der Waals surface area contributed by atoms with Crippen molar-refractivity contribution in [3.05, 3.63) is 70.7 Å². The Morgan fingerprint density at radius 1 is 1.08 bits per heavy atom. The molecule has 5 heteroatoms. The van der Waals surface area contributed by atoms with Crippen LogP contribution in [0.15, 0.2) is 59.6 Å². The van der Waals surface area contributed by atoms with Gasteiger partial charge < -0.3 is 4.74 Å². The lowest BCUT2D eigenvalue weighted by molar-refractivity contribution is -0.142. The summed E-state index contributed by atoms with van der Waals surface area (Å²) in [6, 6.07) is 15.6. The second kappa shape index (κ2) is 9.14. The number of carbonyl (C=O) groups is 2. The minimum atomic E-state index is -0.662. The van der Waals surface area contributed by atoms with Crippen LogP contribution in [-0.2, 0) is 16.0 Å². The maximum Gasteiger partial charge on any atom is 0.330 e. The number of rotatable bonds is 7. The first-order chi connectivity index (χ1) is 12.0. The van der Waals surface area contributed by atoms with Crippen LogP contribution in [0.5, 0.6) is 0 Å². The predicted molar refractivity (Wildman–Crippen MR) is 99.5 cm³/mol. The van der Waals surface area contributed by atoms with Gasteiger partial charge >= 0.3 is 5.97 Å². The number of hydrogen-bond donors (Lipinski definition) is 0. The van der Waals surface area contributed by atoms with E-state index in [0.717, 1.165) is 5.56 Å². The number of ether oxygens (including phenoxy) is 1. The Balaban J connectivity index is 2.10. The van der Waals surface area contributed by atoms with Crippen molar-refractivity contribution in [2.75, 3.05) is 7.11 Å². The van der Waals surface area contributed by atoms with Crippen molar-refractivity contribution in [2.24, 2.45) is 4.99 Å². The molecule has 0 N–H and O–H groups in total. The van der Waals surface area contributed by atoms with Crippen LogP contribution in [0.25, 0.3) is 0 Å². The van der Waals surface area contributed by atoms with Crippen molar-refractivity contribution in [1.29, 1.82) is 0 Å². The summed E-state index contributed by atoms with van der Waals surface area (Å²) in [5.41, 5.74) is 2.14. The maximum atomic E-state index is 12.3. The molecule has 0 aliphatic carbocycles. The van der Waals surface area contributed by atoms with Gasteiger partial charge in [0, 0.05) is 29.1 Å². The molecular weight excluding hydrogens is 338 g/mol. The largest absolute Gasteiger partial charge is 0.467 e. The average Bonchev–Trinajstić information content (AvgIpc) is 2.61. The lowest BCUT2D eigenvalue weighted by Crippen LogP contribution is -2.24. The molecular formula is C20H20ClNO3. The Kier molecular flexibility index (Phi) is 6.90. The normalized spacial score (nSPS) is 12.5. The van der Waals surface area contributed by atoms with Crippen molar-refractivity contribution < 1.29 is 14.3 Å². The monoisotopic (exact) mass is 357 g/mol. The van der Waals surface area contributed by atoms with Crippen LogP contribution in [0, 0.1) is 0 Å². The first kappa shape index (κ1) is 18.9. The smallest absolute Gasteiger partial charge is 0.330 e. The summed E-state index contributed by atoms with van der Waals surface area (Å²) in [6.45, 7) is 1.74. The van der Waals surface area contributed by atoms with Crippen LogP contribution in [0.3, 0.4) is 0 Å². The van der Waals surface area contributed by atoms with E-state index in [4.69, 9.17) is 16.3 Å². The first-order valence-corrected chi connectivity index (χ1v) is 8.31. The topological polar surface area (TPSA) is 55.7 Å². The molecule has 2 aromatic rings. The summed E-state index contributed by atoms with van der Waals surface area (Å²) in [5.74, 6) is -0.483. The number of methoxy groups -OCH3 is 1. The molecule has 0 aliphatic heterocycles. The highest BCUT2D eigenvalue weighted by molar-refractivity contribution is 6.30. The van der Waals surface area contributed by atoms with Gasteiger partial charge in [-0.05, 0) is 36.8 Å². The van der Waals surface area contributed by atoms with Gasteiger partial charge in [0.1, 0.15) is 0 Å². The molecule has 4 nitrogen and oxygen atoms in total. The third-order valence-corrected chi connectivity index (χ3v) is 3.96. The van der Waals surface area contributed by atoms with Crippen molar-refractivity contribution in [2.45, 2.75) is 25.8 Å². The minimum absolute atomic E-state index is 0.0683. The minimum Gasteiger partial charge on any atom is -0.467 e. The molecule has 25 heavy (non-hydrogen) atoms. The summed E-state index contributed by atoms with van der Waals surface area (Å²) in [4.78, 5) is 28.7. The molecule has 0 bridgehead atoms. The van der Waals surface area contributed by atoms with Crippen molar-refractivity contribution in [3.8, 4) is 0 Å². The van der Waals surface area contributed by atoms with Crippen LogP contribution >= 0.6 is 11.6 Å². The predicted octanol–water partition coefficient (Wildman–Crippen LogP) is 4.16. The zero-order chi connectivity index (χ0) is 18.2. The van der Waals surface area contributed by atoms with E-state index in [0.29, 0.717) is 22.7 Å². The molecule has 0 aromatic heterocycles. The Hall–Kier alpha value is -2.46. The van der Waals surface area contributed by atoms with Crippen LogP contribution in [0.1, 0.15) is 29.3 Å². The third-order valence-electron chi connectivity index (χ3n) is 3.70. The van der Waals surface area contributed by atoms with E-state index in [1.54, 1.807) is 31.2 Å². The summed E-state index contributed by atoms with van der Waals surface area (Å²) in [6.07, 6.45) is 0.573. The molecule has 0 spiro atoms. The van der Waals surface area contributed by atoms with Gasteiger partial charge in [-0.1, -0.05) is 41.9 Å². The number of hydrogen-bond acceptors (Lipinski definition) is 4. The Morgan fingerprint density at radius 2 is 1.72 bits per heavy atom. The number of esters is 1. The van der Waals surface area contributed by atoms with Crippen molar-refractivity contribution in [3.63, 3.8) is 0 Å². The molecule has 2 aromatic carbocycles. The fourth-order valence-electron chi connectivity index (χ4n) is 2.44. The lowest BCUT2D eigenvalue weighted by Gasteiger charge is -2.12. The van der Waals surface area contributed by atoms with Gasteiger partial charge in [0.2, 0.25) is 0 Å². The SMILES string of the molecule is COC(=O)[C@H](Cc1ccccc1)N=C(C)CC(=O)c1ccc(Cl)cc1. The quantitative estimate of drug-likeness (QED) is 0.425. The van der Waals surface area contributed by atoms with E-state index < -0.39 is 12.0 Å². The number of nitrogens with zero attached hydrogens (tertiary/aromatic N) is 1. The molecule has 0 radical (unpaired) electrons. The third kappa shape index (κ3) is 5.84. The highest BCUT2D eigenvalue weighted by atomic mass is 35.5. The fourth-order valence-corrected chi connectivity index (χ4v) is 2.56. The number of aliphatic imine (C=N–C) groups is 1. The second-order valence-corrected chi connectivity index (χ2v) is 6.14. The zero-order valence-electron chi connectivity index (χ0n) is 14.2.